The summed E-state index contributed by atoms with van der Waals surface area (Å²) >= 11 is 0. The number of anilines is 1. The minimum atomic E-state index is -4.76. The molecule has 1 aromatic heterocycles. The number of rotatable bonds is 4. The van der Waals surface area contributed by atoms with Crippen LogP contribution in [-0.2, 0) is 6.61 Å². The Kier molecular flexibility index (Phi) is 6.07. The van der Waals surface area contributed by atoms with Gasteiger partial charge in [0.15, 0.2) is 0 Å². The van der Waals surface area contributed by atoms with Crippen LogP contribution in [0.5, 0.6) is 5.75 Å². The molecule has 0 saturated heterocycles. The summed E-state index contributed by atoms with van der Waals surface area (Å²) in [7, 11) is 0. The molecule has 154 valence electrons. The predicted molar refractivity (Wildman–Crippen MR) is 101 cm³/mol. The van der Waals surface area contributed by atoms with Crippen molar-refractivity contribution in [1.82, 2.24) is 9.88 Å². The summed E-state index contributed by atoms with van der Waals surface area (Å²) in [6.07, 6.45) is -0.571. The van der Waals surface area contributed by atoms with Crippen LogP contribution in [0.4, 0.5) is 23.7 Å². The number of aryl methyl sites for hydroxylation is 1. The van der Waals surface area contributed by atoms with Crippen molar-refractivity contribution in [2.45, 2.75) is 26.3 Å². The minimum Gasteiger partial charge on any atom is -0.406 e. The Bertz CT molecular complexity index is 911. The van der Waals surface area contributed by atoms with Crippen molar-refractivity contribution in [3.8, 4) is 5.75 Å². The highest BCUT2D eigenvalue weighted by Crippen LogP contribution is 2.26. The summed E-state index contributed by atoms with van der Waals surface area (Å²) in [6, 6.07) is 6.52. The van der Waals surface area contributed by atoms with E-state index in [0.29, 0.717) is 25.2 Å². The summed E-state index contributed by atoms with van der Waals surface area (Å²) in [5, 5.41) is 11.8. The van der Waals surface area contributed by atoms with Gasteiger partial charge < -0.3 is 20.1 Å². The van der Waals surface area contributed by atoms with E-state index in [-0.39, 0.29) is 18.4 Å². The first kappa shape index (κ1) is 20.7. The number of nitrogens with one attached hydrogen (secondary N) is 1. The molecule has 1 aromatic carbocycles. The van der Waals surface area contributed by atoms with Gasteiger partial charge in [-0.25, -0.2) is 4.79 Å². The SMILES string of the molecule is Cc1cc(CO)cnc1C1=CCN(C(=O)Nc2ccc(OC(F)(F)F)cc2)CC1. The first-order chi connectivity index (χ1) is 13.7. The molecule has 0 aliphatic carbocycles. The number of hydrogen-bond acceptors (Lipinski definition) is 4. The van der Waals surface area contributed by atoms with E-state index in [1.165, 1.54) is 12.1 Å². The number of carbonyl (C=O) groups excluding carboxylic acids is 1. The quantitative estimate of drug-likeness (QED) is 0.800. The Hall–Kier alpha value is -3.07. The third-order valence-electron chi connectivity index (χ3n) is 4.46. The largest absolute Gasteiger partial charge is 0.573 e. The molecule has 1 aliphatic rings. The molecular weight excluding hydrogens is 387 g/mol. The second-order valence-electron chi connectivity index (χ2n) is 6.59. The smallest absolute Gasteiger partial charge is 0.406 e. The Morgan fingerprint density at radius 3 is 2.59 bits per heavy atom. The minimum absolute atomic E-state index is 0.0651. The fraction of sp³-hybridized carbons (Fsp3) is 0.300. The van der Waals surface area contributed by atoms with Gasteiger partial charge in [0.25, 0.3) is 0 Å². The van der Waals surface area contributed by atoms with E-state index in [2.05, 4.69) is 15.0 Å². The Labute approximate surface area is 165 Å². The highest BCUT2D eigenvalue weighted by Gasteiger charge is 2.31. The van der Waals surface area contributed by atoms with Crippen LogP contribution in [0.25, 0.3) is 5.57 Å². The van der Waals surface area contributed by atoms with Gasteiger partial charge in [0.05, 0.1) is 12.3 Å². The van der Waals surface area contributed by atoms with Crippen molar-refractivity contribution >= 4 is 17.3 Å². The predicted octanol–water partition coefficient (Wildman–Crippen LogP) is 4.10. The Morgan fingerprint density at radius 2 is 2.03 bits per heavy atom. The molecule has 0 spiro atoms. The van der Waals surface area contributed by atoms with Gasteiger partial charge in [-0.05, 0) is 54.3 Å². The summed E-state index contributed by atoms with van der Waals surface area (Å²) in [5.41, 5.74) is 3.96. The lowest BCUT2D eigenvalue weighted by molar-refractivity contribution is -0.274. The molecule has 0 saturated carbocycles. The normalized spacial score (nSPS) is 14.4. The molecule has 9 heteroatoms. The van der Waals surface area contributed by atoms with Crippen LogP contribution in [-0.4, -0.2) is 40.5 Å². The van der Waals surface area contributed by atoms with E-state index in [4.69, 9.17) is 0 Å². The number of carbonyl (C=O) groups is 1. The molecule has 0 atom stereocenters. The van der Waals surface area contributed by atoms with E-state index in [1.807, 2.05) is 19.1 Å². The number of halogens is 3. The van der Waals surface area contributed by atoms with Crippen LogP contribution in [0.15, 0.2) is 42.6 Å². The lowest BCUT2D eigenvalue weighted by Gasteiger charge is -2.27. The molecule has 0 unspecified atom stereocenters. The number of urea groups is 1. The van der Waals surface area contributed by atoms with Crippen molar-refractivity contribution in [2.75, 3.05) is 18.4 Å². The molecule has 2 N–H and O–H groups in total. The zero-order valence-electron chi connectivity index (χ0n) is 15.7. The number of benzene rings is 1. The van der Waals surface area contributed by atoms with Crippen molar-refractivity contribution in [3.05, 3.63) is 59.4 Å². The maximum Gasteiger partial charge on any atom is 0.573 e. The Balaban J connectivity index is 1.60. The lowest BCUT2D eigenvalue weighted by Crippen LogP contribution is -2.38. The van der Waals surface area contributed by atoms with E-state index in [9.17, 15) is 23.1 Å². The zero-order chi connectivity index (χ0) is 21.0. The maximum atomic E-state index is 12.4. The van der Waals surface area contributed by atoms with E-state index >= 15 is 0 Å². The molecular formula is C20H20F3N3O3. The summed E-state index contributed by atoms with van der Waals surface area (Å²) in [5.74, 6) is -0.351. The van der Waals surface area contributed by atoms with Crippen LogP contribution in [0, 0.1) is 6.92 Å². The monoisotopic (exact) mass is 407 g/mol. The van der Waals surface area contributed by atoms with Crippen LogP contribution in [0.2, 0.25) is 0 Å². The molecule has 0 fully saturated rings. The molecule has 0 bridgehead atoms. The van der Waals surface area contributed by atoms with Gasteiger partial charge in [0.2, 0.25) is 0 Å². The van der Waals surface area contributed by atoms with Crippen molar-refractivity contribution in [1.29, 1.82) is 0 Å². The Morgan fingerprint density at radius 1 is 1.31 bits per heavy atom. The zero-order valence-corrected chi connectivity index (χ0v) is 15.7. The van der Waals surface area contributed by atoms with Gasteiger partial charge in [0, 0.05) is 25.0 Å². The number of hydrogen-bond donors (Lipinski definition) is 2. The van der Waals surface area contributed by atoms with Gasteiger partial charge >= 0.3 is 12.4 Å². The number of pyridine rings is 1. The maximum absolute atomic E-state index is 12.4. The van der Waals surface area contributed by atoms with Crippen LogP contribution in [0.3, 0.4) is 0 Å². The number of aromatic nitrogens is 1. The highest BCUT2D eigenvalue weighted by molar-refractivity contribution is 5.90. The van der Waals surface area contributed by atoms with Crippen LogP contribution in [0.1, 0.15) is 23.2 Å². The number of aliphatic hydroxyl groups excluding tert-OH is 1. The van der Waals surface area contributed by atoms with E-state index < -0.39 is 6.36 Å². The fourth-order valence-corrected chi connectivity index (χ4v) is 3.07. The third-order valence-corrected chi connectivity index (χ3v) is 4.46. The topological polar surface area (TPSA) is 74.7 Å². The number of ether oxygens (including phenoxy) is 1. The number of nitrogens with zero attached hydrogens (tertiary/aromatic N) is 2. The highest BCUT2D eigenvalue weighted by atomic mass is 19.4. The van der Waals surface area contributed by atoms with Crippen molar-refractivity contribution in [2.24, 2.45) is 0 Å². The molecule has 2 amide bonds. The van der Waals surface area contributed by atoms with Gasteiger partial charge in [-0.1, -0.05) is 12.1 Å². The van der Waals surface area contributed by atoms with Gasteiger partial charge in [-0.15, -0.1) is 13.2 Å². The molecule has 29 heavy (non-hydrogen) atoms. The third kappa shape index (κ3) is 5.47. The lowest BCUT2D eigenvalue weighted by atomic mass is 10.00. The average molecular weight is 407 g/mol. The van der Waals surface area contributed by atoms with Crippen molar-refractivity contribution in [3.63, 3.8) is 0 Å². The number of alkyl halides is 3. The summed E-state index contributed by atoms with van der Waals surface area (Å²) < 4.78 is 40.4. The second-order valence-corrected chi connectivity index (χ2v) is 6.59. The first-order valence-corrected chi connectivity index (χ1v) is 8.92. The molecule has 2 heterocycles. The number of aliphatic hydroxyl groups is 1. The van der Waals surface area contributed by atoms with Gasteiger partial charge in [-0.3, -0.25) is 4.98 Å². The van der Waals surface area contributed by atoms with Gasteiger partial charge in [0.1, 0.15) is 5.75 Å². The van der Waals surface area contributed by atoms with Gasteiger partial charge in [-0.2, -0.15) is 0 Å². The number of amides is 2. The molecule has 6 nitrogen and oxygen atoms in total. The molecule has 3 rings (SSSR count). The van der Waals surface area contributed by atoms with Crippen LogP contribution < -0.4 is 10.1 Å². The molecule has 0 radical (unpaired) electrons. The van der Waals surface area contributed by atoms with E-state index in [1.54, 1.807) is 11.1 Å². The standard InChI is InChI=1S/C20H20F3N3O3/c1-13-10-14(12-27)11-24-18(13)15-6-8-26(9-7-15)19(28)25-16-2-4-17(5-3-16)29-20(21,22)23/h2-6,10-11,27H,7-9,12H2,1H3,(H,25,28). The molecule has 1 aliphatic heterocycles. The van der Waals surface area contributed by atoms with E-state index in [0.717, 1.165) is 34.5 Å². The van der Waals surface area contributed by atoms with Crippen molar-refractivity contribution < 1.29 is 27.8 Å². The fourth-order valence-electron chi connectivity index (χ4n) is 3.07. The molecule has 2 aromatic rings. The second kappa shape index (κ2) is 8.52. The van der Waals surface area contributed by atoms with Crippen LogP contribution >= 0.6 is 0 Å². The summed E-state index contributed by atoms with van der Waals surface area (Å²) in [6.45, 7) is 2.73. The average Bonchev–Trinajstić information content (AvgIpc) is 2.68. The summed E-state index contributed by atoms with van der Waals surface area (Å²) in [4.78, 5) is 18.4. The first-order valence-electron chi connectivity index (χ1n) is 8.92.